The van der Waals surface area contributed by atoms with Crippen LogP contribution in [0, 0.1) is 17.8 Å². The molecule has 2 rings (SSSR count). The molecular weight excluding hydrogens is 384 g/mol. The van der Waals surface area contributed by atoms with Crippen LogP contribution in [0.3, 0.4) is 0 Å². The molecule has 2 aliphatic rings. The van der Waals surface area contributed by atoms with Crippen molar-refractivity contribution in [2.24, 2.45) is 17.8 Å². The number of halogens is 4. The van der Waals surface area contributed by atoms with Crippen LogP contribution in [0.15, 0.2) is 0 Å². The number of rotatable bonds is 13. The molecule has 160 valence electrons. The van der Waals surface area contributed by atoms with Gasteiger partial charge in [-0.25, -0.2) is 0 Å². The summed E-state index contributed by atoms with van der Waals surface area (Å²) in [4.78, 5) is 0. The topological polar surface area (TPSA) is 43.4 Å². The minimum Gasteiger partial charge on any atom is -0.265 e. The van der Waals surface area contributed by atoms with Crippen LogP contribution in [0.5, 0.6) is 0 Å². The quantitative estimate of drug-likeness (QED) is 0.206. The van der Waals surface area contributed by atoms with E-state index in [4.69, 9.17) is 0 Å². The summed E-state index contributed by atoms with van der Waals surface area (Å²) in [6, 6.07) is 0. The molecule has 0 N–H and O–H groups in total. The molecule has 27 heavy (non-hydrogen) atoms. The van der Waals surface area contributed by atoms with Gasteiger partial charge in [0.25, 0.3) is 0 Å². The highest BCUT2D eigenvalue weighted by molar-refractivity contribution is 7.87. The Morgan fingerprint density at radius 2 is 1.48 bits per heavy atom. The molecular formula is C19H32F4O3S. The maximum atomic E-state index is 14.4. The highest BCUT2D eigenvalue weighted by Crippen LogP contribution is 2.58. The lowest BCUT2D eigenvalue weighted by atomic mass is 9.84. The van der Waals surface area contributed by atoms with Gasteiger partial charge in [0.1, 0.15) is 0 Å². The summed E-state index contributed by atoms with van der Waals surface area (Å²) in [5.41, 5.74) is 0. The minimum atomic E-state index is -5.66. The van der Waals surface area contributed by atoms with E-state index in [1.165, 1.54) is 6.42 Å². The van der Waals surface area contributed by atoms with Crippen LogP contribution in [0.4, 0.5) is 17.6 Å². The van der Waals surface area contributed by atoms with E-state index in [-0.39, 0.29) is 18.8 Å². The third-order valence-electron chi connectivity index (χ3n) is 6.14. The second kappa shape index (κ2) is 9.42. The summed E-state index contributed by atoms with van der Waals surface area (Å²) in [6.45, 7) is 1.65. The molecule has 0 aromatic rings. The molecule has 0 heterocycles. The van der Waals surface area contributed by atoms with Gasteiger partial charge >= 0.3 is 21.3 Å². The Balaban J connectivity index is 1.78. The molecule has 8 heteroatoms. The van der Waals surface area contributed by atoms with Crippen molar-refractivity contribution in [3.8, 4) is 0 Å². The van der Waals surface area contributed by atoms with E-state index in [2.05, 4.69) is 11.1 Å². The first-order valence-corrected chi connectivity index (χ1v) is 11.7. The molecule has 0 amide bonds. The molecule has 3 atom stereocenters. The molecule has 2 bridgehead atoms. The summed E-state index contributed by atoms with van der Waals surface area (Å²) < 4.78 is 85.3. The lowest BCUT2D eigenvalue weighted by molar-refractivity contribution is -0.203. The van der Waals surface area contributed by atoms with E-state index >= 15 is 0 Å². The van der Waals surface area contributed by atoms with E-state index in [1.807, 2.05) is 0 Å². The Kier molecular flexibility index (Phi) is 7.99. The summed E-state index contributed by atoms with van der Waals surface area (Å²) in [5, 5.41) is -5.19. The molecule has 3 nitrogen and oxygen atoms in total. The zero-order valence-corrected chi connectivity index (χ0v) is 16.9. The number of unbranched alkanes of at least 4 members (excludes halogenated alkanes) is 7. The van der Waals surface area contributed by atoms with Crippen molar-refractivity contribution < 1.29 is 30.2 Å². The first-order valence-electron chi connectivity index (χ1n) is 10.3. The van der Waals surface area contributed by atoms with Gasteiger partial charge in [-0.05, 0) is 37.5 Å². The lowest BCUT2D eigenvalue weighted by Gasteiger charge is -2.34. The first-order chi connectivity index (χ1) is 12.6. The summed E-state index contributed by atoms with van der Waals surface area (Å²) in [7, 11) is -5.66. The monoisotopic (exact) mass is 416 g/mol. The Morgan fingerprint density at radius 3 is 2.00 bits per heavy atom. The van der Waals surface area contributed by atoms with E-state index in [0.717, 1.165) is 38.5 Å². The molecule has 3 unspecified atom stereocenters. The highest BCUT2D eigenvalue weighted by atomic mass is 32.2. The predicted molar refractivity (Wildman–Crippen MR) is 96.3 cm³/mol. The zero-order valence-electron chi connectivity index (χ0n) is 16.1. The van der Waals surface area contributed by atoms with Crippen molar-refractivity contribution in [3.05, 3.63) is 0 Å². The fraction of sp³-hybridized carbons (Fsp3) is 1.00. The molecule has 0 saturated heterocycles. The first kappa shape index (κ1) is 22.9. The van der Waals surface area contributed by atoms with Crippen molar-refractivity contribution in [2.45, 2.75) is 95.2 Å². The smallest absolute Gasteiger partial charge is 0.265 e. The van der Waals surface area contributed by atoms with Crippen LogP contribution in [-0.4, -0.2) is 26.2 Å². The molecule has 0 aromatic heterocycles. The van der Waals surface area contributed by atoms with Gasteiger partial charge in [0.15, 0.2) is 0 Å². The number of hydrogen-bond acceptors (Lipinski definition) is 3. The Bertz CT molecular complexity index is 565. The molecule has 0 radical (unpaired) electrons. The normalized spacial score (nSPS) is 26.0. The fourth-order valence-electron chi connectivity index (χ4n) is 4.55. The minimum absolute atomic E-state index is 0.0163. The molecule has 2 fully saturated rings. The molecule has 0 spiro atoms. The average Bonchev–Trinajstić information content (AvgIpc) is 3.23. The van der Waals surface area contributed by atoms with Crippen molar-refractivity contribution >= 4 is 10.1 Å². The Labute approximate surface area is 160 Å². The molecule has 2 aliphatic carbocycles. The number of alkyl halides is 4. The van der Waals surface area contributed by atoms with Gasteiger partial charge in [-0.3, -0.25) is 4.18 Å². The van der Waals surface area contributed by atoms with Gasteiger partial charge < -0.3 is 0 Å². The van der Waals surface area contributed by atoms with Gasteiger partial charge in [0.2, 0.25) is 0 Å². The van der Waals surface area contributed by atoms with Crippen LogP contribution in [-0.2, 0) is 14.3 Å². The largest absolute Gasteiger partial charge is 0.431 e. The summed E-state index contributed by atoms with van der Waals surface area (Å²) >= 11 is 0. The Morgan fingerprint density at radius 1 is 0.889 bits per heavy atom. The van der Waals surface area contributed by atoms with Crippen LogP contribution >= 0.6 is 0 Å². The van der Waals surface area contributed by atoms with E-state index < -0.39 is 39.7 Å². The van der Waals surface area contributed by atoms with Crippen LogP contribution < -0.4 is 0 Å². The second-order valence-electron chi connectivity index (χ2n) is 8.17. The summed E-state index contributed by atoms with van der Waals surface area (Å²) in [6.07, 6.45) is 9.00. The number of hydrogen-bond donors (Lipinski definition) is 0. The van der Waals surface area contributed by atoms with Gasteiger partial charge in [0, 0.05) is 5.92 Å². The van der Waals surface area contributed by atoms with E-state index in [0.29, 0.717) is 19.3 Å². The molecule has 0 aliphatic heterocycles. The fourth-order valence-corrected chi connectivity index (χ4v) is 5.52. The SMILES string of the molecule is CCCCCCCCCCOS(=O)(=O)C(F)(F)C(F)(F)C1CC2CCC1C2. The van der Waals surface area contributed by atoms with Crippen molar-refractivity contribution in [1.82, 2.24) is 0 Å². The lowest BCUT2D eigenvalue weighted by Crippen LogP contribution is -2.53. The highest BCUT2D eigenvalue weighted by Gasteiger charge is 2.72. The van der Waals surface area contributed by atoms with Gasteiger partial charge in [-0.2, -0.15) is 26.0 Å². The maximum absolute atomic E-state index is 14.4. The Hall–Kier alpha value is -0.370. The van der Waals surface area contributed by atoms with Crippen LogP contribution in [0.2, 0.25) is 0 Å². The van der Waals surface area contributed by atoms with Crippen LogP contribution in [0.25, 0.3) is 0 Å². The van der Waals surface area contributed by atoms with E-state index in [1.54, 1.807) is 0 Å². The third kappa shape index (κ3) is 5.17. The molecule has 0 aromatic carbocycles. The van der Waals surface area contributed by atoms with Crippen molar-refractivity contribution in [3.63, 3.8) is 0 Å². The van der Waals surface area contributed by atoms with Crippen LogP contribution in [0.1, 0.15) is 84.0 Å². The standard InChI is InChI=1S/C19H32F4O3S/c1-2-3-4-5-6-7-8-9-12-26-27(24,25)19(22,23)18(20,21)17-14-15-10-11-16(17)13-15/h15-17H,2-14H2,1H3. The van der Waals surface area contributed by atoms with Gasteiger partial charge in [-0.15, -0.1) is 0 Å². The number of fused-ring (bicyclic) bond motifs is 2. The van der Waals surface area contributed by atoms with Crippen molar-refractivity contribution in [2.75, 3.05) is 6.61 Å². The van der Waals surface area contributed by atoms with Crippen molar-refractivity contribution in [1.29, 1.82) is 0 Å². The van der Waals surface area contributed by atoms with Gasteiger partial charge in [0.05, 0.1) is 6.61 Å². The molecule has 2 saturated carbocycles. The maximum Gasteiger partial charge on any atom is 0.431 e. The predicted octanol–water partition coefficient (Wildman–Crippen LogP) is 6.14. The summed E-state index contributed by atoms with van der Waals surface area (Å²) in [5.74, 6) is -6.67. The zero-order chi connectivity index (χ0) is 20.1. The third-order valence-corrected chi connectivity index (χ3v) is 7.52. The van der Waals surface area contributed by atoms with Gasteiger partial charge in [-0.1, -0.05) is 58.3 Å². The average molecular weight is 417 g/mol. The second-order valence-corrected chi connectivity index (χ2v) is 9.83. The van der Waals surface area contributed by atoms with E-state index in [9.17, 15) is 26.0 Å².